The van der Waals surface area contributed by atoms with E-state index in [-0.39, 0.29) is 29.6 Å². The molecule has 0 N–H and O–H groups in total. The molecule has 1 unspecified atom stereocenters. The van der Waals surface area contributed by atoms with Gasteiger partial charge in [-0.2, -0.15) is 26.3 Å². The van der Waals surface area contributed by atoms with Crippen LogP contribution >= 0.6 is 22.6 Å². The van der Waals surface area contributed by atoms with Gasteiger partial charge in [0.05, 0.1) is 4.43 Å². The van der Waals surface area contributed by atoms with Crippen molar-refractivity contribution < 1.29 is 64.7 Å². The van der Waals surface area contributed by atoms with Gasteiger partial charge in [-0.3, -0.25) is 4.21 Å². The fraction of sp³-hybridized carbons (Fsp3) is 1.00. The van der Waals surface area contributed by atoms with Crippen LogP contribution in [0.3, 0.4) is 0 Å². The van der Waals surface area contributed by atoms with Crippen molar-refractivity contribution in [3.05, 3.63) is 0 Å². The normalized spacial score (nSPS) is 15.7. The van der Waals surface area contributed by atoms with E-state index in [1.807, 2.05) is 0 Å². The average Bonchev–Trinajstić information content (AvgIpc) is 2.03. The minimum Gasteiger partial charge on any atom is -0.768 e. The molecule has 86 valence electrons. The summed E-state index contributed by atoms with van der Waals surface area (Å²) in [7, 11) is 0. The van der Waals surface area contributed by atoms with E-state index >= 15 is 0 Å². The van der Waals surface area contributed by atoms with E-state index in [1.54, 1.807) is 0 Å². The van der Waals surface area contributed by atoms with E-state index in [0.717, 1.165) is 22.6 Å². The summed E-state index contributed by atoms with van der Waals surface area (Å²) in [6.07, 6.45) is 0. The minimum absolute atomic E-state index is 0. The molecule has 0 bridgehead atoms. The Morgan fingerprint density at radius 2 is 1.47 bits per heavy atom. The molecule has 2 nitrogen and oxygen atoms in total. The van der Waals surface area contributed by atoms with E-state index in [9.17, 15) is 35.1 Å². The molecule has 0 saturated carbocycles. The number of hydrogen-bond acceptors (Lipinski definition) is 2. The Hall–Kier alpha value is 1.42. The van der Waals surface area contributed by atoms with Crippen LogP contribution in [0.1, 0.15) is 0 Å². The third-order valence-electron chi connectivity index (χ3n) is 1.20. The molecule has 15 heavy (non-hydrogen) atoms. The Morgan fingerprint density at radius 3 is 1.67 bits per heavy atom. The molecule has 0 aromatic rings. The van der Waals surface area contributed by atoms with E-state index < -0.39 is 32.6 Å². The maximum atomic E-state index is 12.3. The van der Waals surface area contributed by atoms with E-state index in [2.05, 4.69) is 0 Å². The van der Waals surface area contributed by atoms with Crippen LogP contribution in [0, 0.1) is 0 Å². The van der Waals surface area contributed by atoms with Crippen molar-refractivity contribution in [1.29, 1.82) is 0 Å². The SMILES string of the molecule is O=S([O-])C(F)(F)C(F)(F)C(F)(F)CI.[Na+]. The number of halogens is 7. The first-order valence-electron chi connectivity index (χ1n) is 2.79. The van der Waals surface area contributed by atoms with Crippen molar-refractivity contribution in [2.24, 2.45) is 0 Å². The van der Waals surface area contributed by atoms with Gasteiger partial charge in [-0.1, -0.05) is 22.6 Å². The van der Waals surface area contributed by atoms with Crippen LogP contribution in [0.5, 0.6) is 0 Å². The molecule has 0 aliphatic heterocycles. The third-order valence-corrected chi connectivity index (χ3v) is 2.84. The maximum absolute atomic E-state index is 12.3. The van der Waals surface area contributed by atoms with Crippen LogP contribution in [0.25, 0.3) is 0 Å². The van der Waals surface area contributed by atoms with Crippen molar-refractivity contribution in [1.82, 2.24) is 0 Å². The van der Waals surface area contributed by atoms with Crippen molar-refractivity contribution in [3.8, 4) is 0 Å². The van der Waals surface area contributed by atoms with Gasteiger partial charge in [-0.25, -0.2) is 0 Å². The summed E-state index contributed by atoms with van der Waals surface area (Å²) in [6, 6.07) is 0. The van der Waals surface area contributed by atoms with Gasteiger partial charge in [0.25, 0.3) is 0 Å². The van der Waals surface area contributed by atoms with Gasteiger partial charge in [0.2, 0.25) is 0 Å². The second kappa shape index (κ2) is 5.85. The van der Waals surface area contributed by atoms with Gasteiger partial charge >= 0.3 is 46.7 Å². The van der Waals surface area contributed by atoms with Crippen LogP contribution in [-0.4, -0.2) is 30.3 Å². The van der Waals surface area contributed by atoms with Crippen LogP contribution in [0.4, 0.5) is 26.3 Å². The molecule has 0 aromatic carbocycles. The average molecular weight is 378 g/mol. The molecular formula is C4H2F6INaO2S. The third kappa shape index (κ3) is 3.44. The minimum atomic E-state index is -5.92. The summed E-state index contributed by atoms with van der Waals surface area (Å²) in [5.41, 5.74) is 0. The maximum Gasteiger partial charge on any atom is 1.00 e. The molecule has 0 saturated heterocycles. The molecule has 1 atom stereocenters. The van der Waals surface area contributed by atoms with E-state index in [0.29, 0.717) is 0 Å². The predicted octanol–water partition coefficient (Wildman–Crippen LogP) is -0.832. The van der Waals surface area contributed by atoms with Crippen molar-refractivity contribution in [3.63, 3.8) is 0 Å². The molecule has 0 heterocycles. The first-order chi connectivity index (χ1) is 6.00. The van der Waals surface area contributed by atoms with Crippen LogP contribution in [0.2, 0.25) is 0 Å². The summed E-state index contributed by atoms with van der Waals surface area (Å²) in [4.78, 5) is 0. The smallest absolute Gasteiger partial charge is 0.768 e. The molecule has 0 aliphatic rings. The monoisotopic (exact) mass is 378 g/mol. The molecule has 0 fully saturated rings. The first-order valence-corrected chi connectivity index (χ1v) is 5.39. The molecule has 0 spiro atoms. The van der Waals surface area contributed by atoms with Crippen molar-refractivity contribution in [2.75, 3.05) is 4.43 Å². The zero-order valence-corrected chi connectivity index (χ0v) is 12.1. The summed E-state index contributed by atoms with van der Waals surface area (Å²) in [5.74, 6) is -11.0. The quantitative estimate of drug-likeness (QED) is 0.211. The van der Waals surface area contributed by atoms with Crippen LogP contribution < -0.4 is 29.6 Å². The molecule has 0 radical (unpaired) electrons. The Morgan fingerprint density at radius 1 is 1.13 bits per heavy atom. The number of rotatable bonds is 4. The standard InChI is InChI=1S/C4H3F6IO2S.Na/c5-2(6,1-11)3(7,8)4(9,10)14(12)13;/h1H2,(H,12,13);/q;+1/p-1. The molecular weight excluding hydrogens is 376 g/mol. The first kappa shape index (κ1) is 18.8. The predicted molar refractivity (Wildman–Crippen MR) is 42.6 cm³/mol. The summed E-state index contributed by atoms with van der Waals surface area (Å²) >= 11 is -3.86. The summed E-state index contributed by atoms with van der Waals surface area (Å²) in [6.45, 7) is 0. The Bertz CT molecular complexity index is 249. The summed E-state index contributed by atoms with van der Waals surface area (Å²) < 4.78 is 91.2. The van der Waals surface area contributed by atoms with Gasteiger partial charge < -0.3 is 4.55 Å². The Balaban J connectivity index is 0. The zero-order chi connectivity index (χ0) is 11.8. The summed E-state index contributed by atoms with van der Waals surface area (Å²) in [5, 5.41) is -5.79. The van der Waals surface area contributed by atoms with Crippen LogP contribution in [0.15, 0.2) is 0 Å². The number of alkyl halides is 7. The van der Waals surface area contributed by atoms with Crippen molar-refractivity contribution >= 4 is 33.7 Å². The van der Waals surface area contributed by atoms with Crippen molar-refractivity contribution in [2.45, 2.75) is 17.1 Å². The second-order valence-electron chi connectivity index (χ2n) is 2.16. The topological polar surface area (TPSA) is 40.1 Å². The van der Waals surface area contributed by atoms with Gasteiger partial charge in [-0.05, 0) is 0 Å². The molecule has 0 aliphatic carbocycles. The van der Waals surface area contributed by atoms with Gasteiger partial charge in [-0.15, -0.1) is 0 Å². The van der Waals surface area contributed by atoms with Crippen LogP contribution in [-0.2, 0) is 11.1 Å². The van der Waals surface area contributed by atoms with Gasteiger partial charge in [0.1, 0.15) is 0 Å². The molecule has 0 rings (SSSR count). The van der Waals surface area contributed by atoms with E-state index in [1.165, 1.54) is 0 Å². The number of hydrogen-bond donors (Lipinski definition) is 0. The van der Waals surface area contributed by atoms with Gasteiger partial charge in [0, 0.05) is 11.1 Å². The largest absolute Gasteiger partial charge is 1.00 e. The zero-order valence-electron chi connectivity index (χ0n) is 7.08. The second-order valence-corrected chi connectivity index (χ2v) is 3.91. The Kier molecular flexibility index (Phi) is 7.32. The molecule has 11 heteroatoms. The Labute approximate surface area is 119 Å². The fourth-order valence-electron chi connectivity index (χ4n) is 0.401. The molecule has 0 amide bonds. The molecule has 0 aromatic heterocycles. The van der Waals surface area contributed by atoms with E-state index in [4.69, 9.17) is 0 Å². The fourth-order valence-corrected chi connectivity index (χ4v) is 1.24. The van der Waals surface area contributed by atoms with Gasteiger partial charge in [0.15, 0.2) is 0 Å².